The van der Waals surface area contributed by atoms with Crippen LogP contribution in [-0.2, 0) is 11.3 Å². The predicted molar refractivity (Wildman–Crippen MR) is 93.9 cm³/mol. The van der Waals surface area contributed by atoms with Gasteiger partial charge in [0.05, 0.1) is 26.9 Å². The zero-order valence-corrected chi connectivity index (χ0v) is 14.1. The van der Waals surface area contributed by atoms with Gasteiger partial charge in [-0.05, 0) is 37.5 Å². The fourth-order valence-corrected chi connectivity index (χ4v) is 2.42. The number of ether oxygens (including phenoxy) is 2. The maximum absolute atomic E-state index is 5.33. The van der Waals surface area contributed by atoms with E-state index in [0.717, 1.165) is 56.4 Å². The largest absolute Gasteiger partial charge is 0.497 e. The van der Waals surface area contributed by atoms with Gasteiger partial charge in [-0.1, -0.05) is 23.8 Å². The summed E-state index contributed by atoms with van der Waals surface area (Å²) < 4.78 is 10.6. The van der Waals surface area contributed by atoms with E-state index in [9.17, 15) is 0 Å². The molecule has 2 N–H and O–H groups in total. The molecule has 2 rings (SSSR count). The molecule has 0 radical (unpaired) electrons. The normalized spacial score (nSPS) is 15.0. The second-order valence-corrected chi connectivity index (χ2v) is 5.41. The minimum atomic E-state index is 0.628. The topological polar surface area (TPSA) is 54.9 Å². The van der Waals surface area contributed by atoms with Crippen molar-refractivity contribution in [3.63, 3.8) is 0 Å². The third-order valence-corrected chi connectivity index (χ3v) is 3.69. The maximum Gasteiger partial charge on any atom is 0.191 e. The van der Waals surface area contributed by atoms with Gasteiger partial charge >= 0.3 is 0 Å². The summed E-state index contributed by atoms with van der Waals surface area (Å²) in [5.41, 5.74) is 2.60. The number of hydrogen-bond acceptors (Lipinski definition) is 3. The Morgan fingerprint density at radius 3 is 3.00 bits per heavy atom. The molecular weight excluding hydrogens is 290 g/mol. The molecule has 0 aliphatic carbocycles. The average Bonchev–Trinajstić information content (AvgIpc) is 2.61. The van der Waals surface area contributed by atoms with Crippen molar-refractivity contribution >= 4 is 5.96 Å². The number of nitrogens with one attached hydrogen (secondary N) is 2. The van der Waals surface area contributed by atoms with Crippen molar-refractivity contribution < 1.29 is 9.47 Å². The lowest BCUT2D eigenvalue weighted by molar-refractivity contribution is 0.153. The van der Waals surface area contributed by atoms with Gasteiger partial charge in [0, 0.05) is 13.1 Å². The number of hydrogen-bond donors (Lipinski definition) is 2. The Bertz CT molecular complexity index is 541. The van der Waals surface area contributed by atoms with Crippen LogP contribution in [0, 0.1) is 0 Å². The lowest BCUT2D eigenvalue weighted by Gasteiger charge is -2.15. The molecule has 0 fully saturated rings. The molecule has 0 spiro atoms. The van der Waals surface area contributed by atoms with E-state index in [1.165, 1.54) is 5.57 Å². The van der Waals surface area contributed by atoms with Crippen molar-refractivity contribution in [2.75, 3.05) is 33.4 Å². The van der Waals surface area contributed by atoms with Gasteiger partial charge in [0.2, 0.25) is 0 Å². The van der Waals surface area contributed by atoms with E-state index in [1.54, 1.807) is 7.11 Å². The third kappa shape index (κ3) is 6.32. The van der Waals surface area contributed by atoms with Crippen molar-refractivity contribution in [1.82, 2.24) is 10.6 Å². The SMILES string of the molecule is CCNC(=NCc1cccc(OC)c1)NCCC1=CCOCC1. The summed E-state index contributed by atoms with van der Waals surface area (Å²) in [7, 11) is 1.68. The summed E-state index contributed by atoms with van der Waals surface area (Å²) in [6, 6.07) is 8.00. The van der Waals surface area contributed by atoms with Gasteiger partial charge in [0.25, 0.3) is 0 Å². The maximum atomic E-state index is 5.33. The summed E-state index contributed by atoms with van der Waals surface area (Å²) in [6.07, 6.45) is 4.26. The van der Waals surface area contributed by atoms with Crippen LogP contribution in [0.25, 0.3) is 0 Å². The molecule has 23 heavy (non-hydrogen) atoms. The van der Waals surface area contributed by atoms with E-state index < -0.39 is 0 Å². The van der Waals surface area contributed by atoms with E-state index in [1.807, 2.05) is 18.2 Å². The molecule has 5 nitrogen and oxygen atoms in total. The number of guanidine groups is 1. The van der Waals surface area contributed by atoms with Gasteiger partial charge in [-0.3, -0.25) is 0 Å². The molecule has 0 aromatic heterocycles. The quantitative estimate of drug-likeness (QED) is 0.461. The number of nitrogens with zero attached hydrogens (tertiary/aromatic N) is 1. The molecule has 1 aromatic rings. The highest BCUT2D eigenvalue weighted by molar-refractivity contribution is 5.79. The van der Waals surface area contributed by atoms with Crippen molar-refractivity contribution in [2.45, 2.75) is 26.3 Å². The highest BCUT2D eigenvalue weighted by atomic mass is 16.5. The van der Waals surface area contributed by atoms with Crippen LogP contribution in [0.3, 0.4) is 0 Å². The Morgan fingerprint density at radius 1 is 1.35 bits per heavy atom. The summed E-state index contributed by atoms with van der Waals surface area (Å²) >= 11 is 0. The summed E-state index contributed by atoms with van der Waals surface area (Å²) in [5.74, 6) is 1.71. The highest BCUT2D eigenvalue weighted by Gasteiger charge is 2.04. The number of aliphatic imine (C=N–C) groups is 1. The Labute approximate surface area is 138 Å². The van der Waals surface area contributed by atoms with E-state index in [0.29, 0.717) is 6.54 Å². The molecule has 0 unspecified atom stereocenters. The van der Waals surface area contributed by atoms with Gasteiger partial charge in [-0.15, -0.1) is 0 Å². The van der Waals surface area contributed by atoms with E-state index >= 15 is 0 Å². The van der Waals surface area contributed by atoms with Crippen molar-refractivity contribution in [3.8, 4) is 5.75 Å². The van der Waals surface area contributed by atoms with Crippen LogP contribution in [0.15, 0.2) is 40.9 Å². The number of benzene rings is 1. The van der Waals surface area contributed by atoms with Gasteiger partial charge in [-0.2, -0.15) is 0 Å². The fourth-order valence-electron chi connectivity index (χ4n) is 2.42. The molecule has 1 aliphatic heterocycles. The minimum absolute atomic E-state index is 0.628. The molecule has 1 aromatic carbocycles. The lowest BCUT2D eigenvalue weighted by Crippen LogP contribution is -2.38. The first-order valence-electron chi connectivity index (χ1n) is 8.22. The zero-order valence-electron chi connectivity index (χ0n) is 14.1. The molecule has 0 atom stereocenters. The fraction of sp³-hybridized carbons (Fsp3) is 0.500. The van der Waals surface area contributed by atoms with Crippen LogP contribution in [-0.4, -0.2) is 39.4 Å². The monoisotopic (exact) mass is 317 g/mol. The molecule has 1 aliphatic rings. The second kappa shape index (κ2) is 9.90. The van der Waals surface area contributed by atoms with E-state index in [-0.39, 0.29) is 0 Å². The molecule has 0 amide bonds. The zero-order chi connectivity index (χ0) is 16.3. The smallest absolute Gasteiger partial charge is 0.191 e. The molecular formula is C18H27N3O2. The van der Waals surface area contributed by atoms with Crippen molar-refractivity contribution in [3.05, 3.63) is 41.5 Å². The standard InChI is InChI=1S/C18H27N3O2/c1-3-19-18(20-10-7-15-8-11-23-12-9-15)21-14-16-5-4-6-17(13-16)22-2/h4-6,8,13H,3,7,9-12,14H2,1-2H3,(H2,19,20,21). The van der Waals surface area contributed by atoms with Crippen molar-refractivity contribution in [1.29, 1.82) is 0 Å². The van der Waals surface area contributed by atoms with Crippen LogP contribution in [0.1, 0.15) is 25.3 Å². The van der Waals surface area contributed by atoms with E-state index in [2.05, 4.69) is 34.7 Å². The van der Waals surface area contributed by atoms with Crippen LogP contribution in [0.4, 0.5) is 0 Å². The van der Waals surface area contributed by atoms with Crippen molar-refractivity contribution in [2.24, 2.45) is 4.99 Å². The van der Waals surface area contributed by atoms with Crippen LogP contribution in [0.5, 0.6) is 5.75 Å². The van der Waals surface area contributed by atoms with Gasteiger partial charge < -0.3 is 20.1 Å². The summed E-state index contributed by atoms with van der Waals surface area (Å²) in [4.78, 5) is 4.64. The van der Waals surface area contributed by atoms with Crippen LogP contribution >= 0.6 is 0 Å². The van der Waals surface area contributed by atoms with Crippen LogP contribution < -0.4 is 15.4 Å². The van der Waals surface area contributed by atoms with E-state index in [4.69, 9.17) is 9.47 Å². The summed E-state index contributed by atoms with van der Waals surface area (Å²) in [6.45, 7) is 6.03. The third-order valence-electron chi connectivity index (χ3n) is 3.69. The first-order valence-corrected chi connectivity index (χ1v) is 8.22. The Kier molecular flexibility index (Phi) is 7.46. The molecule has 1 heterocycles. The molecule has 0 bridgehead atoms. The minimum Gasteiger partial charge on any atom is -0.497 e. The number of rotatable bonds is 7. The molecule has 0 saturated carbocycles. The Morgan fingerprint density at radius 2 is 2.26 bits per heavy atom. The average molecular weight is 317 g/mol. The second-order valence-electron chi connectivity index (χ2n) is 5.41. The highest BCUT2D eigenvalue weighted by Crippen LogP contribution is 2.13. The lowest BCUT2D eigenvalue weighted by atomic mass is 10.1. The Hall–Kier alpha value is -2.01. The summed E-state index contributed by atoms with van der Waals surface area (Å²) in [5, 5.41) is 6.68. The molecule has 5 heteroatoms. The van der Waals surface area contributed by atoms with Gasteiger partial charge in [0.1, 0.15) is 5.75 Å². The first kappa shape index (κ1) is 17.3. The van der Waals surface area contributed by atoms with Gasteiger partial charge in [-0.25, -0.2) is 4.99 Å². The van der Waals surface area contributed by atoms with Crippen LogP contribution in [0.2, 0.25) is 0 Å². The number of methoxy groups -OCH3 is 1. The Balaban J connectivity index is 1.84. The van der Waals surface area contributed by atoms with Gasteiger partial charge in [0.15, 0.2) is 5.96 Å². The predicted octanol–water partition coefficient (Wildman–Crippen LogP) is 2.49. The molecule has 126 valence electrons. The molecule has 0 saturated heterocycles. The first-order chi connectivity index (χ1) is 11.3.